The van der Waals surface area contributed by atoms with Gasteiger partial charge in [-0.15, -0.1) is 6.42 Å². The summed E-state index contributed by atoms with van der Waals surface area (Å²) < 4.78 is 36.0. The Morgan fingerprint density at radius 1 is 0.968 bits per heavy atom. The van der Waals surface area contributed by atoms with Gasteiger partial charge in [0.1, 0.15) is 24.5 Å². The van der Waals surface area contributed by atoms with Gasteiger partial charge in [-0.1, -0.05) is 17.8 Å². The Balaban J connectivity index is 0.000000479. The van der Waals surface area contributed by atoms with Crippen LogP contribution in [0.2, 0.25) is 0 Å². The first kappa shape index (κ1) is 29.1. The van der Waals surface area contributed by atoms with Gasteiger partial charge in [-0.25, -0.2) is 8.78 Å². The maximum absolute atomic E-state index is 13.0. The summed E-state index contributed by atoms with van der Waals surface area (Å²) >= 11 is 8.15. The van der Waals surface area contributed by atoms with Crippen molar-refractivity contribution in [1.29, 1.82) is 0 Å². The summed E-state index contributed by atoms with van der Waals surface area (Å²) in [5, 5.41) is 0. The van der Waals surface area contributed by atoms with Crippen molar-refractivity contribution in [2.24, 2.45) is 0 Å². The number of benzene rings is 2. The molecule has 0 aliphatic heterocycles. The first-order valence-electron chi connectivity index (χ1n) is 8.26. The van der Waals surface area contributed by atoms with Gasteiger partial charge in [-0.2, -0.15) is 0 Å². The third-order valence-corrected chi connectivity index (χ3v) is 4.93. The maximum Gasteiger partial charge on any atom is 0.317 e. The standard InChI is InChI=1S/C11H8BrFO2.C6H3BrFI.C5H6O2/c1-15-11(14)4-2-3-8-5-6-9(12)10(13)7-8;7-5-2-1-4(9)3-6(5)8;1-3-4-5(6)7-2/h5-7H,4H2,1H3;1-3H;1H,4H2,2H3. The number of terminal acetylenes is 1. The summed E-state index contributed by atoms with van der Waals surface area (Å²) in [6.45, 7) is 0. The minimum Gasteiger partial charge on any atom is -0.468 e. The van der Waals surface area contributed by atoms with Crippen LogP contribution in [0.5, 0.6) is 0 Å². The van der Waals surface area contributed by atoms with Crippen molar-refractivity contribution >= 4 is 66.4 Å². The molecule has 0 saturated carbocycles. The summed E-state index contributed by atoms with van der Waals surface area (Å²) in [6, 6.07) is 9.54. The predicted octanol–water partition coefficient (Wildman–Crippen LogP) is 5.88. The van der Waals surface area contributed by atoms with E-state index in [2.05, 4.69) is 81.7 Å². The van der Waals surface area contributed by atoms with Crippen molar-refractivity contribution < 1.29 is 27.8 Å². The van der Waals surface area contributed by atoms with Gasteiger partial charge >= 0.3 is 11.9 Å². The molecule has 0 heterocycles. The van der Waals surface area contributed by atoms with Crippen LogP contribution in [0, 0.1) is 39.4 Å². The van der Waals surface area contributed by atoms with Crippen LogP contribution in [-0.2, 0) is 19.1 Å². The molecule has 0 saturated heterocycles. The second-order valence-electron chi connectivity index (χ2n) is 5.20. The first-order valence-corrected chi connectivity index (χ1v) is 10.9. The Morgan fingerprint density at radius 3 is 1.90 bits per heavy atom. The largest absolute Gasteiger partial charge is 0.468 e. The third-order valence-electron chi connectivity index (χ3n) is 2.97. The fourth-order valence-corrected chi connectivity index (χ4v) is 2.44. The quantitative estimate of drug-likeness (QED) is 0.174. The number of esters is 2. The molecule has 164 valence electrons. The van der Waals surface area contributed by atoms with Crippen LogP contribution >= 0.6 is 54.5 Å². The highest BCUT2D eigenvalue weighted by Gasteiger charge is 1.99. The lowest BCUT2D eigenvalue weighted by Gasteiger charge is -1.94. The molecule has 2 aromatic carbocycles. The first-order chi connectivity index (χ1) is 14.6. The van der Waals surface area contributed by atoms with E-state index in [-0.39, 0.29) is 30.4 Å². The molecule has 9 heteroatoms. The third kappa shape index (κ3) is 13.9. The van der Waals surface area contributed by atoms with Crippen LogP contribution in [0.1, 0.15) is 18.4 Å². The van der Waals surface area contributed by atoms with E-state index in [0.29, 0.717) is 14.5 Å². The molecule has 31 heavy (non-hydrogen) atoms. The van der Waals surface area contributed by atoms with E-state index >= 15 is 0 Å². The Hall–Kier alpha value is -1.95. The molecule has 0 fully saturated rings. The van der Waals surface area contributed by atoms with E-state index in [1.807, 2.05) is 6.07 Å². The molecule has 0 unspecified atom stereocenters. The highest BCUT2D eigenvalue weighted by Crippen LogP contribution is 2.17. The summed E-state index contributed by atoms with van der Waals surface area (Å²) in [5.41, 5.74) is 0.527. The fourth-order valence-electron chi connectivity index (χ4n) is 1.49. The second-order valence-corrected chi connectivity index (χ2v) is 8.15. The SMILES string of the molecule is C#CCC(=O)OC.COC(=O)CC#Cc1ccc(Br)c(F)c1.Fc1cc(I)ccc1Br. The van der Waals surface area contributed by atoms with E-state index in [9.17, 15) is 18.4 Å². The lowest BCUT2D eigenvalue weighted by molar-refractivity contribution is -0.140. The van der Waals surface area contributed by atoms with Crippen LogP contribution in [0.25, 0.3) is 0 Å². The zero-order valence-electron chi connectivity index (χ0n) is 16.5. The van der Waals surface area contributed by atoms with Crippen molar-refractivity contribution in [3.63, 3.8) is 0 Å². The topological polar surface area (TPSA) is 52.6 Å². The van der Waals surface area contributed by atoms with Gasteiger partial charge < -0.3 is 9.47 Å². The molecule has 0 bridgehead atoms. The molecule has 0 N–H and O–H groups in total. The van der Waals surface area contributed by atoms with E-state index in [1.54, 1.807) is 18.2 Å². The zero-order valence-corrected chi connectivity index (χ0v) is 21.8. The minimum absolute atomic E-state index is 0.00812. The lowest BCUT2D eigenvalue weighted by Crippen LogP contribution is -1.97. The molecule has 0 radical (unpaired) electrons. The Morgan fingerprint density at radius 2 is 1.48 bits per heavy atom. The molecule has 0 amide bonds. The lowest BCUT2D eigenvalue weighted by atomic mass is 10.2. The number of hydrogen-bond donors (Lipinski definition) is 0. The average Bonchev–Trinajstić information content (AvgIpc) is 2.74. The summed E-state index contributed by atoms with van der Waals surface area (Å²) in [6.07, 6.45) is 4.83. The molecule has 2 aromatic rings. The summed E-state index contributed by atoms with van der Waals surface area (Å²) in [7, 11) is 2.60. The van der Waals surface area contributed by atoms with Gasteiger partial charge in [-0.05, 0) is 90.8 Å². The number of carbonyl (C=O) groups excluding carboxylic acids is 2. The van der Waals surface area contributed by atoms with Gasteiger partial charge in [0.05, 0.1) is 23.2 Å². The number of carbonyl (C=O) groups is 2. The van der Waals surface area contributed by atoms with E-state index in [0.717, 1.165) is 3.57 Å². The zero-order chi connectivity index (χ0) is 23.8. The van der Waals surface area contributed by atoms with Crippen LogP contribution in [-0.4, -0.2) is 26.2 Å². The highest BCUT2D eigenvalue weighted by molar-refractivity contribution is 14.1. The molecule has 0 aromatic heterocycles. The average molecular weight is 670 g/mol. The highest BCUT2D eigenvalue weighted by atomic mass is 127. The molecule has 0 atom stereocenters. The van der Waals surface area contributed by atoms with Crippen molar-refractivity contribution in [3.05, 3.63) is 66.1 Å². The number of ether oxygens (including phenoxy) is 2. The van der Waals surface area contributed by atoms with Gasteiger partial charge in [-0.3, -0.25) is 9.59 Å². The van der Waals surface area contributed by atoms with Crippen molar-refractivity contribution in [1.82, 2.24) is 0 Å². The van der Waals surface area contributed by atoms with Crippen LogP contribution in [0.15, 0.2) is 45.3 Å². The Bertz CT molecular complexity index is 995. The molecule has 0 aliphatic rings. The number of methoxy groups -OCH3 is 2. The molecule has 0 spiro atoms. The monoisotopic (exact) mass is 668 g/mol. The van der Waals surface area contributed by atoms with E-state index < -0.39 is 5.97 Å². The second kappa shape index (κ2) is 16.7. The van der Waals surface area contributed by atoms with Crippen LogP contribution < -0.4 is 0 Å². The molecular weight excluding hydrogens is 653 g/mol. The van der Waals surface area contributed by atoms with Gasteiger partial charge in [0, 0.05) is 9.13 Å². The number of rotatable bonds is 2. The van der Waals surface area contributed by atoms with Crippen LogP contribution in [0.4, 0.5) is 8.78 Å². The molecule has 2 rings (SSSR count). The smallest absolute Gasteiger partial charge is 0.317 e. The summed E-state index contributed by atoms with van der Waals surface area (Å²) in [5.74, 6) is 6.06. The normalized spacial score (nSPS) is 8.71. The van der Waals surface area contributed by atoms with Gasteiger partial charge in [0.2, 0.25) is 0 Å². The van der Waals surface area contributed by atoms with Gasteiger partial charge in [0.25, 0.3) is 0 Å². The van der Waals surface area contributed by atoms with Crippen molar-refractivity contribution in [2.45, 2.75) is 12.8 Å². The van der Waals surface area contributed by atoms with Gasteiger partial charge in [0.15, 0.2) is 0 Å². The predicted molar refractivity (Wildman–Crippen MR) is 130 cm³/mol. The van der Waals surface area contributed by atoms with Crippen LogP contribution in [0.3, 0.4) is 0 Å². The molecule has 0 aliphatic carbocycles. The minimum atomic E-state index is -0.403. The molecule has 4 nitrogen and oxygen atoms in total. The Labute approximate surface area is 210 Å². The summed E-state index contributed by atoms with van der Waals surface area (Å²) in [4.78, 5) is 20.8. The number of halogens is 5. The van der Waals surface area contributed by atoms with E-state index in [4.69, 9.17) is 6.42 Å². The molecular formula is C22H17Br2F2IO4. The van der Waals surface area contributed by atoms with Crippen molar-refractivity contribution in [2.75, 3.05) is 14.2 Å². The maximum atomic E-state index is 13.0. The number of hydrogen-bond acceptors (Lipinski definition) is 4. The fraction of sp³-hybridized carbons (Fsp3) is 0.182. The van der Waals surface area contributed by atoms with Crippen molar-refractivity contribution in [3.8, 4) is 24.2 Å². The van der Waals surface area contributed by atoms with E-state index in [1.165, 1.54) is 26.4 Å². The Kier molecular flexibility index (Phi) is 15.7.